The number of nitrogens with zero attached hydrogens (tertiary/aromatic N) is 2. The summed E-state index contributed by atoms with van der Waals surface area (Å²) in [6, 6.07) is 7.45. The monoisotopic (exact) mass is 295 g/mol. The van der Waals surface area contributed by atoms with Crippen molar-refractivity contribution in [2.24, 2.45) is 0 Å². The van der Waals surface area contributed by atoms with Crippen LogP contribution >= 0.6 is 15.9 Å². The van der Waals surface area contributed by atoms with E-state index in [1.807, 2.05) is 18.2 Å². The Kier molecular flexibility index (Phi) is 3.34. The van der Waals surface area contributed by atoms with Gasteiger partial charge in [-0.25, -0.2) is 4.98 Å². The highest BCUT2D eigenvalue weighted by atomic mass is 79.9. The molecule has 0 amide bonds. The van der Waals surface area contributed by atoms with E-state index in [0.29, 0.717) is 6.04 Å². The summed E-state index contributed by atoms with van der Waals surface area (Å²) >= 11 is 3.41. The second-order valence-electron chi connectivity index (χ2n) is 5.04. The smallest absolute Gasteiger partial charge is 0.127 e. The van der Waals surface area contributed by atoms with Crippen LogP contribution in [0, 0.1) is 0 Å². The molecule has 1 N–H and O–H groups in total. The maximum absolute atomic E-state index is 4.44. The van der Waals surface area contributed by atoms with E-state index < -0.39 is 0 Å². The Bertz CT molecular complexity index is 396. The van der Waals surface area contributed by atoms with Gasteiger partial charge in [-0.3, -0.25) is 0 Å². The maximum Gasteiger partial charge on any atom is 0.127 e. The summed E-state index contributed by atoms with van der Waals surface area (Å²) in [5.74, 6) is 0.996. The molecule has 1 aromatic rings. The van der Waals surface area contributed by atoms with Crippen LogP contribution < -0.4 is 5.32 Å². The molecule has 2 saturated heterocycles. The number of rotatable bonds is 2. The van der Waals surface area contributed by atoms with E-state index in [9.17, 15) is 0 Å². The second kappa shape index (κ2) is 4.94. The van der Waals surface area contributed by atoms with Crippen LogP contribution in [-0.2, 0) is 0 Å². The van der Waals surface area contributed by atoms with Crippen LogP contribution in [0.4, 0.5) is 5.82 Å². The normalized spacial score (nSPS) is 29.0. The van der Waals surface area contributed by atoms with Gasteiger partial charge < -0.3 is 10.2 Å². The molecule has 17 heavy (non-hydrogen) atoms. The molecular weight excluding hydrogens is 278 g/mol. The van der Waals surface area contributed by atoms with E-state index >= 15 is 0 Å². The molecule has 0 saturated carbocycles. The fourth-order valence-corrected chi connectivity index (χ4v) is 3.40. The average molecular weight is 296 g/mol. The minimum absolute atomic E-state index is 0.594. The lowest BCUT2D eigenvalue weighted by molar-refractivity contribution is 0.188. The SMILES string of the molecule is Brc1cccc(NC2CCN3CCCC3C2)n1. The molecule has 3 nitrogen and oxygen atoms in total. The van der Waals surface area contributed by atoms with Crippen molar-refractivity contribution in [2.75, 3.05) is 18.4 Å². The zero-order valence-corrected chi connectivity index (χ0v) is 11.5. The predicted molar refractivity (Wildman–Crippen MR) is 73.2 cm³/mol. The second-order valence-corrected chi connectivity index (χ2v) is 5.86. The summed E-state index contributed by atoms with van der Waals surface area (Å²) in [6.07, 6.45) is 5.27. The lowest BCUT2D eigenvalue weighted by Crippen LogP contribution is -2.42. The maximum atomic E-state index is 4.44. The van der Waals surface area contributed by atoms with Crippen molar-refractivity contribution in [3.63, 3.8) is 0 Å². The van der Waals surface area contributed by atoms with Crippen molar-refractivity contribution in [3.8, 4) is 0 Å². The van der Waals surface area contributed by atoms with E-state index in [-0.39, 0.29) is 0 Å². The summed E-state index contributed by atoms with van der Waals surface area (Å²) in [6.45, 7) is 2.56. The third-order valence-electron chi connectivity index (χ3n) is 3.89. The largest absolute Gasteiger partial charge is 0.367 e. The molecule has 0 aliphatic carbocycles. The molecule has 2 unspecified atom stereocenters. The van der Waals surface area contributed by atoms with Gasteiger partial charge in [0.05, 0.1) is 0 Å². The van der Waals surface area contributed by atoms with Gasteiger partial charge >= 0.3 is 0 Å². The molecule has 0 bridgehead atoms. The van der Waals surface area contributed by atoms with Gasteiger partial charge in [-0.2, -0.15) is 0 Å². The lowest BCUT2D eigenvalue weighted by Gasteiger charge is -2.35. The lowest BCUT2D eigenvalue weighted by atomic mass is 9.97. The number of hydrogen-bond acceptors (Lipinski definition) is 3. The van der Waals surface area contributed by atoms with Crippen molar-refractivity contribution in [1.29, 1.82) is 0 Å². The van der Waals surface area contributed by atoms with Gasteiger partial charge in [0.15, 0.2) is 0 Å². The first-order valence-corrected chi connectivity index (χ1v) is 7.24. The molecule has 0 aromatic carbocycles. The average Bonchev–Trinajstić information content (AvgIpc) is 2.76. The Hall–Kier alpha value is -0.610. The Labute approximate surface area is 111 Å². The van der Waals surface area contributed by atoms with Crippen LogP contribution in [0.5, 0.6) is 0 Å². The standard InChI is InChI=1S/C13H18BrN3/c14-12-4-1-5-13(16-12)15-10-6-8-17-7-2-3-11(17)9-10/h1,4-5,10-11H,2-3,6-9H2,(H,15,16). The van der Waals surface area contributed by atoms with Crippen molar-refractivity contribution in [3.05, 3.63) is 22.8 Å². The van der Waals surface area contributed by atoms with E-state index in [1.54, 1.807) is 0 Å². The molecule has 3 rings (SSSR count). The van der Waals surface area contributed by atoms with Crippen LogP contribution in [-0.4, -0.2) is 35.1 Å². The highest BCUT2D eigenvalue weighted by Gasteiger charge is 2.31. The molecule has 2 atom stereocenters. The highest BCUT2D eigenvalue weighted by Crippen LogP contribution is 2.28. The topological polar surface area (TPSA) is 28.2 Å². The third-order valence-corrected chi connectivity index (χ3v) is 4.33. The fourth-order valence-electron chi connectivity index (χ4n) is 3.05. The van der Waals surface area contributed by atoms with Crippen LogP contribution in [0.3, 0.4) is 0 Å². The molecule has 1 aromatic heterocycles. The van der Waals surface area contributed by atoms with Crippen molar-refractivity contribution >= 4 is 21.7 Å². The van der Waals surface area contributed by atoms with Gasteiger partial charge in [-0.05, 0) is 60.3 Å². The van der Waals surface area contributed by atoms with Crippen molar-refractivity contribution in [2.45, 2.75) is 37.8 Å². The molecule has 0 radical (unpaired) electrons. The minimum Gasteiger partial charge on any atom is -0.367 e. The van der Waals surface area contributed by atoms with Crippen molar-refractivity contribution < 1.29 is 0 Å². The molecule has 2 aliphatic rings. The van der Waals surface area contributed by atoms with E-state index in [1.165, 1.54) is 38.8 Å². The van der Waals surface area contributed by atoms with Gasteiger partial charge in [0, 0.05) is 18.6 Å². The molecule has 2 aliphatic heterocycles. The summed E-state index contributed by atoms with van der Waals surface area (Å²) in [4.78, 5) is 7.09. The number of pyridine rings is 1. The van der Waals surface area contributed by atoms with Gasteiger partial charge in [-0.15, -0.1) is 0 Å². The van der Waals surface area contributed by atoms with Crippen LogP contribution in [0.1, 0.15) is 25.7 Å². The molecule has 3 heterocycles. The Balaban J connectivity index is 1.62. The Morgan fingerprint density at radius 2 is 2.24 bits per heavy atom. The van der Waals surface area contributed by atoms with Crippen LogP contribution in [0.2, 0.25) is 0 Å². The van der Waals surface area contributed by atoms with E-state index in [4.69, 9.17) is 0 Å². The first kappa shape index (κ1) is 11.5. The number of hydrogen-bond donors (Lipinski definition) is 1. The number of fused-ring (bicyclic) bond motifs is 1. The molecule has 4 heteroatoms. The molecule has 0 spiro atoms. The van der Waals surface area contributed by atoms with Crippen LogP contribution in [0.15, 0.2) is 22.8 Å². The van der Waals surface area contributed by atoms with Gasteiger partial charge in [-0.1, -0.05) is 6.07 Å². The van der Waals surface area contributed by atoms with Crippen LogP contribution in [0.25, 0.3) is 0 Å². The zero-order chi connectivity index (χ0) is 11.7. The number of nitrogens with one attached hydrogen (secondary N) is 1. The summed E-state index contributed by atoms with van der Waals surface area (Å²) < 4.78 is 0.904. The first-order chi connectivity index (χ1) is 8.31. The molecular formula is C13H18BrN3. The predicted octanol–water partition coefficient (Wildman–Crippen LogP) is 2.88. The van der Waals surface area contributed by atoms with Gasteiger partial charge in [0.2, 0.25) is 0 Å². The summed E-state index contributed by atoms with van der Waals surface area (Å²) in [7, 11) is 0. The number of piperidine rings is 1. The number of aromatic nitrogens is 1. The van der Waals surface area contributed by atoms with Gasteiger partial charge in [0.25, 0.3) is 0 Å². The number of anilines is 1. The fraction of sp³-hybridized carbons (Fsp3) is 0.615. The highest BCUT2D eigenvalue weighted by molar-refractivity contribution is 9.10. The van der Waals surface area contributed by atoms with E-state index in [0.717, 1.165) is 16.5 Å². The molecule has 2 fully saturated rings. The third kappa shape index (κ3) is 2.63. The van der Waals surface area contributed by atoms with Gasteiger partial charge in [0.1, 0.15) is 10.4 Å². The minimum atomic E-state index is 0.594. The zero-order valence-electron chi connectivity index (χ0n) is 9.90. The number of halogens is 1. The quantitative estimate of drug-likeness (QED) is 0.851. The summed E-state index contributed by atoms with van der Waals surface area (Å²) in [5.41, 5.74) is 0. The molecule has 92 valence electrons. The Morgan fingerprint density at radius 3 is 3.12 bits per heavy atom. The van der Waals surface area contributed by atoms with E-state index in [2.05, 4.69) is 31.1 Å². The summed E-state index contributed by atoms with van der Waals surface area (Å²) in [5, 5.41) is 3.57. The van der Waals surface area contributed by atoms with Crippen molar-refractivity contribution in [1.82, 2.24) is 9.88 Å². The Morgan fingerprint density at radius 1 is 1.29 bits per heavy atom. The first-order valence-electron chi connectivity index (χ1n) is 6.44.